The van der Waals surface area contributed by atoms with E-state index < -0.39 is 31.1 Å². The SMILES string of the molecule is Nc1ncnc2c1[nH]c[n+]2[C@@H]1O[C@H](CO)C(O)C1NC(=O)c1ccccc1. The fourth-order valence-corrected chi connectivity index (χ4v) is 3.23. The number of fused-ring (bicyclic) bond motifs is 1. The number of rotatable bonds is 4. The number of aliphatic hydroxyl groups excluding tert-OH is 2. The van der Waals surface area contributed by atoms with E-state index in [-0.39, 0.29) is 11.7 Å². The van der Waals surface area contributed by atoms with E-state index in [1.807, 2.05) is 0 Å². The van der Waals surface area contributed by atoms with Gasteiger partial charge in [0.05, 0.1) is 6.61 Å². The largest absolute Gasteiger partial charge is 0.394 e. The highest BCUT2D eigenvalue weighted by Gasteiger charge is 2.48. The summed E-state index contributed by atoms with van der Waals surface area (Å²) in [6.07, 6.45) is 0.132. The Labute approximate surface area is 153 Å². The van der Waals surface area contributed by atoms with E-state index >= 15 is 0 Å². The van der Waals surface area contributed by atoms with Crippen LogP contribution in [-0.4, -0.2) is 55.9 Å². The summed E-state index contributed by atoms with van der Waals surface area (Å²) < 4.78 is 7.40. The molecule has 3 heterocycles. The number of ether oxygens (including phenoxy) is 1. The Bertz CT molecular complexity index is 962. The van der Waals surface area contributed by atoms with Crippen molar-refractivity contribution in [1.29, 1.82) is 0 Å². The zero-order valence-corrected chi connectivity index (χ0v) is 14.2. The zero-order valence-electron chi connectivity index (χ0n) is 14.2. The van der Waals surface area contributed by atoms with Gasteiger partial charge in [0.15, 0.2) is 18.5 Å². The fourth-order valence-electron chi connectivity index (χ4n) is 3.23. The quantitative estimate of drug-likeness (QED) is 0.364. The number of aromatic amines is 1. The van der Waals surface area contributed by atoms with Crippen LogP contribution in [0.4, 0.5) is 5.82 Å². The number of nitrogen functional groups attached to an aromatic ring is 1. The number of H-pyrrole nitrogens is 1. The molecule has 1 saturated heterocycles. The molecule has 27 heavy (non-hydrogen) atoms. The Kier molecular flexibility index (Phi) is 4.44. The Morgan fingerprint density at radius 2 is 2.11 bits per heavy atom. The number of imidazole rings is 1. The van der Waals surface area contributed by atoms with Gasteiger partial charge in [0.25, 0.3) is 5.91 Å². The highest BCUT2D eigenvalue weighted by molar-refractivity contribution is 5.94. The molecule has 2 unspecified atom stereocenters. The number of amides is 1. The standard InChI is InChI=1S/C17H18N6O4/c18-14-12-15(20-7-19-14)23(8-21-12)17-11(13(25)10(6-24)27-17)22-16(26)9-4-2-1-3-5-9/h1-5,7-8,10-11,13,17,24-25H,6H2,(H3,18,19,20,22,26)/p+1/t10-,11?,13?,17-/m1/s1. The first-order valence-electron chi connectivity index (χ1n) is 8.39. The summed E-state index contributed by atoms with van der Waals surface area (Å²) in [5.41, 5.74) is 7.26. The van der Waals surface area contributed by atoms with Gasteiger partial charge in [0, 0.05) is 5.56 Å². The fraction of sp³-hybridized carbons (Fsp3) is 0.294. The summed E-state index contributed by atoms with van der Waals surface area (Å²) >= 11 is 0. The molecule has 2 aromatic heterocycles. The average Bonchev–Trinajstić information content (AvgIpc) is 3.25. The Hall–Kier alpha value is -3.08. The van der Waals surface area contributed by atoms with Crippen LogP contribution in [-0.2, 0) is 4.74 Å². The molecule has 0 aliphatic carbocycles. The molecule has 6 N–H and O–H groups in total. The lowest BCUT2D eigenvalue weighted by Crippen LogP contribution is -2.53. The van der Waals surface area contributed by atoms with Crippen molar-refractivity contribution in [2.45, 2.75) is 24.5 Å². The number of aromatic nitrogens is 4. The Morgan fingerprint density at radius 3 is 2.85 bits per heavy atom. The molecule has 1 fully saturated rings. The van der Waals surface area contributed by atoms with Crippen LogP contribution < -0.4 is 15.6 Å². The maximum absolute atomic E-state index is 12.6. The molecule has 1 amide bonds. The first-order chi connectivity index (χ1) is 13.1. The van der Waals surface area contributed by atoms with Crippen molar-refractivity contribution in [3.63, 3.8) is 0 Å². The van der Waals surface area contributed by atoms with Gasteiger partial charge in [0.2, 0.25) is 11.7 Å². The normalized spacial score (nSPS) is 25.0. The predicted octanol–water partition coefficient (Wildman–Crippen LogP) is -1.12. The third-order valence-electron chi connectivity index (χ3n) is 4.61. The third kappa shape index (κ3) is 2.99. The number of anilines is 1. The molecule has 4 rings (SSSR count). The van der Waals surface area contributed by atoms with Gasteiger partial charge >= 0.3 is 5.65 Å². The van der Waals surface area contributed by atoms with Gasteiger partial charge in [-0.3, -0.25) is 9.78 Å². The van der Waals surface area contributed by atoms with Crippen molar-refractivity contribution in [2.24, 2.45) is 0 Å². The first-order valence-corrected chi connectivity index (χ1v) is 8.39. The number of nitrogens with one attached hydrogen (secondary N) is 2. The minimum atomic E-state index is -1.11. The molecular formula is C17H19N6O4+. The second-order valence-electron chi connectivity index (χ2n) is 6.24. The van der Waals surface area contributed by atoms with Gasteiger partial charge in [-0.05, 0) is 12.1 Å². The summed E-state index contributed by atoms with van der Waals surface area (Å²) in [4.78, 5) is 23.7. The van der Waals surface area contributed by atoms with E-state index in [4.69, 9.17) is 10.5 Å². The van der Waals surface area contributed by atoms with E-state index in [1.54, 1.807) is 41.2 Å². The highest BCUT2D eigenvalue weighted by Crippen LogP contribution is 2.27. The van der Waals surface area contributed by atoms with E-state index in [9.17, 15) is 15.0 Å². The first kappa shape index (κ1) is 17.3. The van der Waals surface area contributed by atoms with E-state index in [2.05, 4.69) is 20.3 Å². The molecule has 1 aromatic carbocycles. The number of nitrogens with two attached hydrogens (primary N) is 1. The summed E-state index contributed by atoms with van der Waals surface area (Å²) in [5, 5.41) is 22.9. The van der Waals surface area contributed by atoms with E-state index in [1.165, 1.54) is 6.33 Å². The number of benzene rings is 1. The maximum Gasteiger partial charge on any atom is 0.309 e. The van der Waals surface area contributed by atoms with Gasteiger partial charge in [0.1, 0.15) is 18.2 Å². The molecule has 3 aromatic rings. The van der Waals surface area contributed by atoms with Crippen LogP contribution in [0.1, 0.15) is 16.6 Å². The van der Waals surface area contributed by atoms with Gasteiger partial charge in [-0.25, -0.2) is 4.57 Å². The zero-order chi connectivity index (χ0) is 19.0. The molecule has 0 spiro atoms. The van der Waals surface area contributed by atoms with E-state index in [0.29, 0.717) is 16.7 Å². The molecule has 4 atom stereocenters. The van der Waals surface area contributed by atoms with Crippen LogP contribution in [0, 0.1) is 0 Å². The predicted molar refractivity (Wildman–Crippen MR) is 93.2 cm³/mol. The summed E-state index contributed by atoms with van der Waals surface area (Å²) in [5.74, 6) is -0.0951. The van der Waals surface area contributed by atoms with Crippen LogP contribution in [0.15, 0.2) is 43.0 Å². The van der Waals surface area contributed by atoms with Crippen LogP contribution in [0.25, 0.3) is 11.2 Å². The lowest BCUT2D eigenvalue weighted by atomic mass is 10.1. The van der Waals surface area contributed by atoms with Gasteiger partial charge < -0.3 is 26.0 Å². The number of carbonyl (C=O) groups is 1. The average molecular weight is 371 g/mol. The van der Waals surface area contributed by atoms with Crippen molar-refractivity contribution in [3.8, 4) is 0 Å². The van der Waals surface area contributed by atoms with Crippen molar-refractivity contribution in [1.82, 2.24) is 20.3 Å². The van der Waals surface area contributed by atoms with Crippen LogP contribution >= 0.6 is 0 Å². The number of nitrogens with zero attached hydrogens (tertiary/aromatic N) is 3. The number of hydrogen-bond acceptors (Lipinski definition) is 7. The molecule has 140 valence electrons. The van der Waals surface area contributed by atoms with E-state index in [0.717, 1.165) is 0 Å². The summed E-state index contributed by atoms with van der Waals surface area (Å²) in [6.45, 7) is -0.393. The molecule has 10 nitrogen and oxygen atoms in total. The van der Waals surface area contributed by atoms with Crippen LogP contribution in [0.3, 0.4) is 0 Å². The molecule has 10 heteroatoms. The number of aliphatic hydroxyl groups is 2. The Morgan fingerprint density at radius 1 is 1.33 bits per heavy atom. The lowest BCUT2D eigenvalue weighted by molar-refractivity contribution is -0.740. The molecule has 1 aliphatic heterocycles. The molecule has 0 saturated carbocycles. The second-order valence-corrected chi connectivity index (χ2v) is 6.24. The smallest absolute Gasteiger partial charge is 0.309 e. The monoisotopic (exact) mass is 371 g/mol. The molecular weight excluding hydrogens is 352 g/mol. The topological polar surface area (TPSA) is 150 Å². The van der Waals surface area contributed by atoms with Crippen LogP contribution in [0.2, 0.25) is 0 Å². The summed E-state index contributed by atoms with van der Waals surface area (Å²) in [7, 11) is 0. The van der Waals surface area contributed by atoms with Gasteiger partial charge in [-0.2, -0.15) is 4.98 Å². The maximum atomic E-state index is 12.6. The highest BCUT2D eigenvalue weighted by atomic mass is 16.5. The lowest BCUT2D eigenvalue weighted by Gasteiger charge is -2.20. The third-order valence-corrected chi connectivity index (χ3v) is 4.61. The van der Waals surface area contributed by atoms with Crippen molar-refractivity contribution < 1.29 is 24.3 Å². The molecule has 0 bridgehead atoms. The second kappa shape index (κ2) is 6.91. The molecule has 1 aliphatic rings. The van der Waals surface area contributed by atoms with Crippen LogP contribution in [0.5, 0.6) is 0 Å². The minimum absolute atomic E-state index is 0.265. The summed E-state index contributed by atoms with van der Waals surface area (Å²) in [6, 6.07) is 7.83. The van der Waals surface area contributed by atoms with Crippen molar-refractivity contribution >= 4 is 22.9 Å². The minimum Gasteiger partial charge on any atom is -0.394 e. The molecule has 0 radical (unpaired) electrons. The van der Waals surface area contributed by atoms with Crippen molar-refractivity contribution in [2.75, 3.05) is 12.3 Å². The number of carbonyl (C=O) groups excluding carboxylic acids is 1. The van der Waals surface area contributed by atoms with Gasteiger partial charge in [-0.1, -0.05) is 23.2 Å². The van der Waals surface area contributed by atoms with Crippen molar-refractivity contribution in [3.05, 3.63) is 48.5 Å². The Balaban J connectivity index is 1.69. The van der Waals surface area contributed by atoms with Gasteiger partial charge in [-0.15, -0.1) is 0 Å². The number of hydrogen-bond donors (Lipinski definition) is 5.